The lowest BCUT2D eigenvalue weighted by Crippen LogP contribution is -3.00. The number of halogens is 4. The molecule has 7 nitrogen and oxygen atoms in total. The molecule has 0 aromatic carbocycles. The number of carbonyl (C=O) groups excluding carboxylic acids is 3. The average molecular weight is 548 g/mol. The van der Waals surface area contributed by atoms with E-state index in [1.54, 1.807) is 0 Å². The van der Waals surface area contributed by atoms with Crippen molar-refractivity contribution in [3.05, 3.63) is 0 Å². The summed E-state index contributed by atoms with van der Waals surface area (Å²) in [4.78, 5) is 35.0. The molecule has 0 fully saturated rings. The van der Waals surface area contributed by atoms with Crippen LogP contribution in [-0.2, 0) is 14.4 Å². The molecular weight excluding hydrogens is 505 g/mol. The fourth-order valence-electron chi connectivity index (χ4n) is 2.95. The Hall–Kier alpha value is -1.36. The Labute approximate surface area is 207 Å². The zero-order chi connectivity index (χ0) is 25.2. The summed E-state index contributed by atoms with van der Waals surface area (Å²) in [5, 5.41) is 7.71. The van der Waals surface area contributed by atoms with Crippen LogP contribution in [0.15, 0.2) is 0 Å². The van der Waals surface area contributed by atoms with Gasteiger partial charge in [0.15, 0.2) is 0 Å². The second-order valence-corrected chi connectivity index (χ2v) is 10.6. The number of carbonyl (C=O) groups is 3. The minimum Gasteiger partial charge on any atom is -1.00 e. The van der Waals surface area contributed by atoms with Crippen molar-refractivity contribution in [3.8, 4) is 0 Å². The smallest absolute Gasteiger partial charge is 0.471 e. The van der Waals surface area contributed by atoms with Crippen LogP contribution in [0.4, 0.5) is 13.2 Å². The highest BCUT2D eigenvalue weighted by molar-refractivity contribution is 5.82. The third kappa shape index (κ3) is 15.2. The summed E-state index contributed by atoms with van der Waals surface area (Å²) >= 11 is 0. The van der Waals surface area contributed by atoms with Crippen LogP contribution in [0.2, 0.25) is 0 Å². The Kier molecular flexibility index (Phi) is 14.5. The number of hydrogen-bond donors (Lipinski definition) is 3. The van der Waals surface area contributed by atoms with Gasteiger partial charge >= 0.3 is 12.1 Å². The van der Waals surface area contributed by atoms with Gasteiger partial charge in [0.1, 0.15) is 0 Å². The maximum absolute atomic E-state index is 12.3. The molecule has 196 valence electrons. The lowest BCUT2D eigenvalue weighted by Gasteiger charge is -2.35. The van der Waals surface area contributed by atoms with Gasteiger partial charge in [0.25, 0.3) is 0 Å². The van der Waals surface area contributed by atoms with Crippen LogP contribution in [0.1, 0.15) is 60.8 Å². The largest absolute Gasteiger partial charge is 1.00 e. The zero-order valence-corrected chi connectivity index (χ0v) is 22.6. The van der Waals surface area contributed by atoms with E-state index in [-0.39, 0.29) is 35.3 Å². The Morgan fingerprint density at radius 3 is 1.15 bits per heavy atom. The summed E-state index contributed by atoms with van der Waals surface area (Å²) in [6.07, 6.45) is -3.07. The van der Waals surface area contributed by atoms with Crippen molar-refractivity contribution in [3.63, 3.8) is 0 Å². The zero-order valence-electron chi connectivity index (χ0n) is 21.0. The summed E-state index contributed by atoms with van der Waals surface area (Å²) in [6.45, 7) is 14.0. The van der Waals surface area contributed by atoms with Gasteiger partial charge in [-0.15, -0.1) is 0 Å². The molecular formula is C22H42BrF3N4O3. The van der Waals surface area contributed by atoms with Crippen molar-refractivity contribution in [2.45, 2.75) is 67.0 Å². The summed E-state index contributed by atoms with van der Waals surface area (Å²) in [5.74, 6) is -2.00. The molecule has 3 amide bonds. The van der Waals surface area contributed by atoms with Gasteiger partial charge in [0, 0.05) is 49.7 Å². The second kappa shape index (κ2) is 14.1. The second-order valence-electron chi connectivity index (χ2n) is 10.6. The van der Waals surface area contributed by atoms with Gasteiger partial charge in [0.2, 0.25) is 11.8 Å². The number of alkyl halides is 3. The maximum atomic E-state index is 12.3. The van der Waals surface area contributed by atoms with Crippen molar-refractivity contribution in [1.29, 1.82) is 0 Å². The molecule has 0 aromatic rings. The van der Waals surface area contributed by atoms with E-state index in [2.05, 4.69) is 10.6 Å². The molecule has 33 heavy (non-hydrogen) atoms. The molecule has 0 unspecified atom stereocenters. The number of quaternary nitrogens is 1. The van der Waals surface area contributed by atoms with E-state index >= 15 is 0 Å². The Morgan fingerprint density at radius 2 is 0.909 bits per heavy atom. The van der Waals surface area contributed by atoms with E-state index in [1.165, 1.54) is 0 Å². The molecule has 0 heterocycles. The van der Waals surface area contributed by atoms with Crippen molar-refractivity contribution >= 4 is 17.7 Å². The molecule has 0 aliphatic carbocycles. The van der Waals surface area contributed by atoms with Crippen LogP contribution in [0.3, 0.4) is 0 Å². The van der Waals surface area contributed by atoms with Crippen LogP contribution >= 0.6 is 0 Å². The Balaban J connectivity index is 0. The normalized spacial score (nSPS) is 12.5. The highest BCUT2D eigenvalue weighted by Crippen LogP contribution is 2.15. The quantitative estimate of drug-likeness (QED) is 0.230. The minimum absolute atomic E-state index is 0. The summed E-state index contributed by atoms with van der Waals surface area (Å²) in [6, 6.07) is 0. The third-order valence-corrected chi connectivity index (χ3v) is 5.10. The molecule has 0 bridgehead atoms. The first kappa shape index (κ1) is 33.8. The Morgan fingerprint density at radius 1 is 0.636 bits per heavy atom. The molecule has 0 saturated heterocycles. The van der Waals surface area contributed by atoms with Gasteiger partial charge in [-0.1, -0.05) is 41.5 Å². The topological polar surface area (TPSA) is 87.3 Å². The first-order chi connectivity index (χ1) is 14.4. The molecule has 3 N–H and O–H groups in total. The van der Waals surface area contributed by atoms with Crippen LogP contribution in [0, 0.1) is 10.8 Å². The van der Waals surface area contributed by atoms with Crippen molar-refractivity contribution in [2.24, 2.45) is 10.8 Å². The number of amides is 3. The standard InChI is InChI=1S/C22H41F3N4O3.BrH/c1-20(2,3)17(30)26-11-8-14-29(7,15-9-12-27-18(31)21(4,5)6)16-10-13-28-19(32)22(23,24)25;/h8-16H2,1-7H3,(H2-,26,27,28,30,31,32);1H. The lowest BCUT2D eigenvalue weighted by atomic mass is 9.96. The van der Waals surface area contributed by atoms with Crippen molar-refractivity contribution in [2.75, 3.05) is 46.3 Å². The molecule has 0 rings (SSSR count). The first-order valence-electron chi connectivity index (χ1n) is 11.1. The van der Waals surface area contributed by atoms with Crippen molar-refractivity contribution in [1.82, 2.24) is 16.0 Å². The molecule has 0 aliphatic rings. The summed E-state index contributed by atoms with van der Waals surface area (Å²) in [7, 11) is 2.00. The molecule has 0 saturated carbocycles. The third-order valence-electron chi connectivity index (χ3n) is 5.10. The highest BCUT2D eigenvalue weighted by atomic mass is 79.9. The molecule has 0 aliphatic heterocycles. The monoisotopic (exact) mass is 546 g/mol. The molecule has 11 heteroatoms. The predicted molar refractivity (Wildman–Crippen MR) is 119 cm³/mol. The van der Waals surface area contributed by atoms with Crippen molar-refractivity contribution < 1.29 is 49.0 Å². The minimum atomic E-state index is -4.88. The van der Waals surface area contributed by atoms with E-state index in [1.807, 2.05) is 53.9 Å². The number of rotatable bonds is 12. The van der Waals surface area contributed by atoms with E-state index in [0.717, 1.165) is 0 Å². The van der Waals surface area contributed by atoms with E-state index in [0.29, 0.717) is 56.5 Å². The average Bonchev–Trinajstić information content (AvgIpc) is 2.63. The summed E-state index contributed by atoms with van der Waals surface area (Å²) in [5.41, 5.74) is -0.944. The van der Waals surface area contributed by atoms with Crippen LogP contribution in [0.5, 0.6) is 0 Å². The SMILES string of the molecule is CC(C)(C)C(=O)NCCC[N+](C)(CCCNC(=O)C(C)(C)C)CCCNC(=O)C(F)(F)F.[Br-]. The molecule has 0 atom stereocenters. The van der Waals surface area contributed by atoms with Gasteiger partial charge in [-0.2, -0.15) is 13.2 Å². The molecule has 0 radical (unpaired) electrons. The first-order valence-corrected chi connectivity index (χ1v) is 11.1. The highest BCUT2D eigenvalue weighted by Gasteiger charge is 2.38. The van der Waals surface area contributed by atoms with Gasteiger partial charge in [0.05, 0.1) is 26.7 Å². The molecule has 0 aromatic heterocycles. The van der Waals surface area contributed by atoms with Gasteiger partial charge in [-0.3, -0.25) is 14.4 Å². The van der Waals surface area contributed by atoms with E-state index in [4.69, 9.17) is 0 Å². The van der Waals surface area contributed by atoms with Crippen LogP contribution in [-0.4, -0.2) is 74.7 Å². The predicted octanol–water partition coefficient (Wildman–Crippen LogP) is -0.390. The van der Waals surface area contributed by atoms with Crippen LogP contribution < -0.4 is 32.9 Å². The van der Waals surface area contributed by atoms with Crippen LogP contribution in [0.25, 0.3) is 0 Å². The fourth-order valence-corrected chi connectivity index (χ4v) is 2.95. The number of hydrogen-bond acceptors (Lipinski definition) is 3. The fraction of sp³-hybridized carbons (Fsp3) is 0.864. The van der Waals surface area contributed by atoms with Gasteiger partial charge in [-0.25, -0.2) is 0 Å². The number of nitrogens with one attached hydrogen (secondary N) is 3. The Bertz CT molecular complexity index is 546. The lowest BCUT2D eigenvalue weighted by molar-refractivity contribution is -0.909. The maximum Gasteiger partial charge on any atom is 0.471 e. The molecule has 0 spiro atoms. The van der Waals surface area contributed by atoms with Gasteiger partial charge < -0.3 is 37.4 Å². The van der Waals surface area contributed by atoms with E-state index < -0.39 is 22.9 Å². The van der Waals surface area contributed by atoms with Gasteiger partial charge in [-0.05, 0) is 0 Å². The number of nitrogens with zero attached hydrogens (tertiary/aromatic N) is 1. The summed E-state index contributed by atoms with van der Waals surface area (Å²) < 4.78 is 37.6. The van der Waals surface area contributed by atoms with E-state index in [9.17, 15) is 27.6 Å².